The number of ether oxygens (including phenoxy) is 3. The van der Waals surface area contributed by atoms with Gasteiger partial charge in [0.1, 0.15) is 24.6 Å². The van der Waals surface area contributed by atoms with E-state index in [1.807, 2.05) is 13.8 Å². The zero-order valence-corrected chi connectivity index (χ0v) is 17.7. The van der Waals surface area contributed by atoms with Crippen LogP contribution in [0, 0.1) is 0 Å². The first-order chi connectivity index (χ1) is 15.0. The standard InChI is InChI=1S/C20H28FN5O5/c1-3-5-7-13(27)29-9-12-17(31-14(28)8-6-4-2)15(21)20(30-12)26-11-25-16-18(22)23-10-24-19(16)26/h10-12,15,17,20H,3-9H2,1-2H3,(H2,22,23,24)/t12-,15-,17-,20-/m1/s1. The van der Waals surface area contributed by atoms with Crippen molar-refractivity contribution in [2.24, 2.45) is 0 Å². The zero-order chi connectivity index (χ0) is 22.4. The van der Waals surface area contributed by atoms with Crippen LogP contribution in [0.25, 0.3) is 11.2 Å². The molecular formula is C20H28FN5O5. The maximum atomic E-state index is 15.4. The number of fused-ring (bicyclic) bond motifs is 1. The van der Waals surface area contributed by atoms with Gasteiger partial charge in [-0.2, -0.15) is 0 Å². The van der Waals surface area contributed by atoms with Crippen LogP contribution in [-0.4, -0.2) is 56.4 Å². The normalized spacial score (nSPS) is 23.2. The number of anilines is 1. The average Bonchev–Trinajstić information content (AvgIpc) is 3.31. The van der Waals surface area contributed by atoms with Crippen LogP contribution in [0.5, 0.6) is 0 Å². The monoisotopic (exact) mass is 437 g/mol. The van der Waals surface area contributed by atoms with Crippen molar-refractivity contribution in [2.75, 3.05) is 12.3 Å². The maximum absolute atomic E-state index is 15.4. The van der Waals surface area contributed by atoms with Gasteiger partial charge in [-0.05, 0) is 12.8 Å². The highest BCUT2D eigenvalue weighted by Crippen LogP contribution is 2.36. The third kappa shape index (κ3) is 5.27. The third-order valence-corrected chi connectivity index (χ3v) is 5.07. The molecule has 10 nitrogen and oxygen atoms in total. The number of hydrogen-bond donors (Lipinski definition) is 1. The Morgan fingerprint density at radius 1 is 1.16 bits per heavy atom. The number of nitrogen functional groups attached to an aromatic ring is 1. The van der Waals surface area contributed by atoms with Crippen molar-refractivity contribution in [3.8, 4) is 0 Å². The van der Waals surface area contributed by atoms with Crippen molar-refractivity contribution in [3.05, 3.63) is 12.7 Å². The van der Waals surface area contributed by atoms with Crippen molar-refractivity contribution in [1.29, 1.82) is 0 Å². The molecule has 170 valence electrons. The van der Waals surface area contributed by atoms with Gasteiger partial charge in [0.05, 0.1) is 6.33 Å². The lowest BCUT2D eigenvalue weighted by molar-refractivity contribution is -0.159. The van der Waals surface area contributed by atoms with Crippen molar-refractivity contribution in [3.63, 3.8) is 0 Å². The Kier molecular flexibility index (Phi) is 7.72. The van der Waals surface area contributed by atoms with Crippen molar-refractivity contribution < 1.29 is 28.2 Å². The van der Waals surface area contributed by atoms with Crippen LogP contribution in [0.4, 0.5) is 10.2 Å². The molecule has 0 bridgehead atoms. The number of imidazole rings is 1. The zero-order valence-electron chi connectivity index (χ0n) is 17.7. The fraction of sp³-hybridized carbons (Fsp3) is 0.650. The Labute approximate surface area is 179 Å². The van der Waals surface area contributed by atoms with E-state index in [2.05, 4.69) is 15.0 Å². The van der Waals surface area contributed by atoms with Gasteiger partial charge in [0.2, 0.25) is 0 Å². The summed E-state index contributed by atoms with van der Waals surface area (Å²) in [4.78, 5) is 36.2. The van der Waals surface area contributed by atoms with Crippen molar-refractivity contribution >= 4 is 28.9 Å². The van der Waals surface area contributed by atoms with E-state index < -0.39 is 36.5 Å². The molecule has 2 N–H and O–H groups in total. The van der Waals surface area contributed by atoms with E-state index in [1.54, 1.807) is 0 Å². The predicted octanol–water partition coefficient (Wildman–Crippen LogP) is 2.48. The number of hydrogen-bond acceptors (Lipinski definition) is 9. The third-order valence-electron chi connectivity index (χ3n) is 5.07. The van der Waals surface area contributed by atoms with Gasteiger partial charge in [-0.25, -0.2) is 19.3 Å². The highest BCUT2D eigenvalue weighted by atomic mass is 19.1. The second-order valence-corrected chi connectivity index (χ2v) is 7.44. The molecule has 1 saturated heterocycles. The number of rotatable bonds is 10. The SMILES string of the molecule is CCCCC(=O)OC[C@H]1O[C@@H](n2cnc3c(N)ncnc32)[C@H](F)[C@@H]1OC(=O)CCCC. The summed E-state index contributed by atoms with van der Waals surface area (Å²) in [5, 5.41) is 0. The first-order valence-electron chi connectivity index (χ1n) is 10.5. The van der Waals surface area contributed by atoms with E-state index >= 15 is 4.39 Å². The molecule has 0 saturated carbocycles. The molecule has 0 amide bonds. The molecule has 3 heterocycles. The summed E-state index contributed by atoms with van der Waals surface area (Å²) in [6.07, 6.45) is 0.895. The molecule has 31 heavy (non-hydrogen) atoms. The number of esters is 2. The van der Waals surface area contributed by atoms with Crippen LogP contribution in [0.1, 0.15) is 58.6 Å². The lowest BCUT2D eigenvalue weighted by atomic mass is 10.1. The second-order valence-electron chi connectivity index (χ2n) is 7.44. The van der Waals surface area contributed by atoms with Gasteiger partial charge in [-0.3, -0.25) is 14.2 Å². The molecule has 2 aromatic heterocycles. The van der Waals surface area contributed by atoms with Crippen LogP contribution >= 0.6 is 0 Å². The number of unbranched alkanes of at least 4 members (excludes halogenated alkanes) is 2. The Balaban J connectivity index is 1.79. The summed E-state index contributed by atoms with van der Waals surface area (Å²) >= 11 is 0. The quantitative estimate of drug-likeness (QED) is 0.557. The number of carbonyl (C=O) groups excluding carboxylic acids is 2. The summed E-state index contributed by atoms with van der Waals surface area (Å²) < 4.78 is 33.3. The van der Waals surface area contributed by atoms with Crippen LogP contribution in [-0.2, 0) is 23.8 Å². The first kappa shape index (κ1) is 22.9. The topological polar surface area (TPSA) is 131 Å². The number of nitrogens with zero attached hydrogens (tertiary/aromatic N) is 4. The Morgan fingerprint density at radius 2 is 1.87 bits per heavy atom. The van der Waals surface area contributed by atoms with Gasteiger partial charge < -0.3 is 19.9 Å². The lowest BCUT2D eigenvalue weighted by Crippen LogP contribution is -2.37. The van der Waals surface area contributed by atoms with Crippen LogP contribution in [0.15, 0.2) is 12.7 Å². The molecule has 1 aliphatic rings. The van der Waals surface area contributed by atoms with E-state index in [4.69, 9.17) is 19.9 Å². The molecule has 0 aliphatic carbocycles. The van der Waals surface area contributed by atoms with Gasteiger partial charge in [-0.15, -0.1) is 0 Å². The van der Waals surface area contributed by atoms with Gasteiger partial charge in [0, 0.05) is 12.8 Å². The fourth-order valence-electron chi connectivity index (χ4n) is 3.35. The Hall–Kier alpha value is -2.82. The van der Waals surface area contributed by atoms with Crippen molar-refractivity contribution in [2.45, 2.75) is 77.0 Å². The number of carbonyl (C=O) groups is 2. The van der Waals surface area contributed by atoms with Crippen molar-refractivity contribution in [1.82, 2.24) is 19.5 Å². The first-order valence-corrected chi connectivity index (χ1v) is 10.5. The molecule has 1 fully saturated rings. The van der Waals surface area contributed by atoms with E-state index in [9.17, 15) is 9.59 Å². The number of nitrogens with two attached hydrogens (primary N) is 1. The Morgan fingerprint density at radius 3 is 2.58 bits per heavy atom. The Bertz CT molecular complexity index is 907. The van der Waals surface area contributed by atoms with E-state index in [0.717, 1.165) is 12.8 Å². The number of halogens is 1. The average molecular weight is 437 g/mol. The maximum Gasteiger partial charge on any atom is 0.306 e. The van der Waals surface area contributed by atoms with Gasteiger partial charge in [0.15, 0.2) is 30.0 Å². The van der Waals surface area contributed by atoms with Crippen LogP contribution in [0.2, 0.25) is 0 Å². The molecule has 0 radical (unpaired) electrons. The minimum atomic E-state index is -1.72. The molecule has 0 aromatic carbocycles. The molecule has 0 unspecified atom stereocenters. The fourth-order valence-corrected chi connectivity index (χ4v) is 3.35. The smallest absolute Gasteiger partial charge is 0.306 e. The van der Waals surface area contributed by atoms with E-state index in [-0.39, 0.29) is 30.9 Å². The van der Waals surface area contributed by atoms with Gasteiger partial charge >= 0.3 is 11.9 Å². The second kappa shape index (κ2) is 10.5. The summed E-state index contributed by atoms with van der Waals surface area (Å²) in [5.74, 6) is -0.779. The minimum absolute atomic E-state index is 0.154. The number of aromatic nitrogens is 4. The molecule has 1 aliphatic heterocycles. The van der Waals surface area contributed by atoms with E-state index in [0.29, 0.717) is 18.4 Å². The molecule has 0 spiro atoms. The summed E-state index contributed by atoms with van der Waals surface area (Å²) in [6, 6.07) is 0. The van der Waals surface area contributed by atoms with Crippen LogP contribution in [0.3, 0.4) is 0 Å². The van der Waals surface area contributed by atoms with Gasteiger partial charge in [-0.1, -0.05) is 26.7 Å². The molecule has 2 aromatic rings. The molecule has 4 atom stereocenters. The highest BCUT2D eigenvalue weighted by molar-refractivity contribution is 5.81. The number of alkyl halides is 1. The predicted molar refractivity (Wildman–Crippen MR) is 108 cm³/mol. The lowest BCUT2D eigenvalue weighted by Gasteiger charge is -2.19. The van der Waals surface area contributed by atoms with Crippen LogP contribution < -0.4 is 5.73 Å². The molecule has 11 heteroatoms. The van der Waals surface area contributed by atoms with Gasteiger partial charge in [0.25, 0.3) is 0 Å². The molecular weight excluding hydrogens is 409 g/mol. The summed E-state index contributed by atoms with van der Waals surface area (Å²) in [5.41, 5.74) is 6.40. The minimum Gasteiger partial charge on any atom is -0.463 e. The molecule has 3 rings (SSSR count). The van der Waals surface area contributed by atoms with E-state index in [1.165, 1.54) is 17.2 Å². The highest BCUT2D eigenvalue weighted by Gasteiger charge is 2.49. The largest absolute Gasteiger partial charge is 0.463 e. The summed E-state index contributed by atoms with van der Waals surface area (Å²) in [6.45, 7) is 3.67. The summed E-state index contributed by atoms with van der Waals surface area (Å²) in [7, 11) is 0.